The van der Waals surface area contributed by atoms with Gasteiger partial charge >= 0.3 is 0 Å². The molecule has 2 heterocycles. The van der Waals surface area contributed by atoms with Gasteiger partial charge in [0.05, 0.1) is 6.54 Å². The number of hydrazine groups is 1. The van der Waals surface area contributed by atoms with Crippen molar-refractivity contribution in [1.29, 1.82) is 0 Å². The summed E-state index contributed by atoms with van der Waals surface area (Å²) in [5.74, 6) is 5.16. The Kier molecular flexibility index (Phi) is 3.29. The standard InChI is InChI=1S/C13H11BrN4O2/c14-10-2-1-3-12-9(10)4-5-18(12)7-8-6-11(17-20-8)13(19)16-15/h1-6H,7,15H2,(H,16,19). The van der Waals surface area contributed by atoms with Crippen molar-refractivity contribution in [2.75, 3.05) is 0 Å². The highest BCUT2D eigenvalue weighted by Gasteiger charge is 2.12. The summed E-state index contributed by atoms with van der Waals surface area (Å²) in [4.78, 5) is 11.3. The topological polar surface area (TPSA) is 86.1 Å². The number of fused-ring (bicyclic) bond motifs is 1. The van der Waals surface area contributed by atoms with Crippen molar-refractivity contribution < 1.29 is 9.32 Å². The molecule has 0 unspecified atom stereocenters. The fraction of sp³-hybridized carbons (Fsp3) is 0.0769. The van der Waals surface area contributed by atoms with Crippen LogP contribution in [0, 0.1) is 0 Å². The van der Waals surface area contributed by atoms with Crippen LogP contribution in [0.4, 0.5) is 0 Å². The van der Waals surface area contributed by atoms with Crippen molar-refractivity contribution in [3.05, 3.63) is 52.5 Å². The first-order valence-electron chi connectivity index (χ1n) is 5.89. The maximum absolute atomic E-state index is 11.3. The monoisotopic (exact) mass is 334 g/mol. The Morgan fingerprint density at radius 3 is 3.10 bits per heavy atom. The number of rotatable bonds is 3. The molecule has 1 aromatic carbocycles. The normalized spacial score (nSPS) is 10.9. The number of benzene rings is 1. The number of hydrogen-bond acceptors (Lipinski definition) is 4. The minimum absolute atomic E-state index is 0.167. The molecule has 7 heteroatoms. The van der Waals surface area contributed by atoms with Gasteiger partial charge in [-0.3, -0.25) is 10.2 Å². The van der Waals surface area contributed by atoms with Crippen molar-refractivity contribution in [1.82, 2.24) is 15.1 Å². The zero-order valence-corrected chi connectivity index (χ0v) is 11.9. The zero-order chi connectivity index (χ0) is 14.1. The zero-order valence-electron chi connectivity index (χ0n) is 10.3. The number of amides is 1. The second kappa shape index (κ2) is 5.10. The molecule has 0 saturated carbocycles. The molecule has 0 atom stereocenters. The van der Waals surface area contributed by atoms with E-state index in [1.165, 1.54) is 0 Å². The van der Waals surface area contributed by atoms with E-state index in [9.17, 15) is 4.79 Å². The quantitative estimate of drug-likeness (QED) is 0.436. The summed E-state index contributed by atoms with van der Waals surface area (Å²) >= 11 is 3.51. The van der Waals surface area contributed by atoms with Crippen LogP contribution < -0.4 is 11.3 Å². The van der Waals surface area contributed by atoms with Crippen LogP contribution in [0.5, 0.6) is 0 Å². The lowest BCUT2D eigenvalue weighted by molar-refractivity contribution is 0.0944. The molecule has 0 fully saturated rings. The molecule has 0 bridgehead atoms. The lowest BCUT2D eigenvalue weighted by Gasteiger charge is -2.02. The number of nitrogens with zero attached hydrogens (tertiary/aromatic N) is 2. The van der Waals surface area contributed by atoms with Gasteiger partial charge in [0.15, 0.2) is 11.5 Å². The number of carbonyl (C=O) groups is 1. The Balaban J connectivity index is 1.92. The van der Waals surface area contributed by atoms with Crippen LogP contribution in [0.1, 0.15) is 16.2 Å². The van der Waals surface area contributed by atoms with E-state index in [1.54, 1.807) is 6.07 Å². The Morgan fingerprint density at radius 1 is 1.45 bits per heavy atom. The van der Waals surface area contributed by atoms with E-state index in [-0.39, 0.29) is 5.69 Å². The number of aromatic nitrogens is 2. The Labute approximate surface area is 122 Å². The molecule has 0 radical (unpaired) electrons. The summed E-state index contributed by atoms with van der Waals surface area (Å²) < 4.78 is 8.20. The molecule has 6 nitrogen and oxygen atoms in total. The van der Waals surface area contributed by atoms with Crippen LogP contribution in [0.2, 0.25) is 0 Å². The highest BCUT2D eigenvalue weighted by Crippen LogP contribution is 2.25. The van der Waals surface area contributed by atoms with Crippen LogP contribution in [0.3, 0.4) is 0 Å². The molecular formula is C13H11BrN4O2. The summed E-state index contributed by atoms with van der Waals surface area (Å²) in [7, 11) is 0. The molecule has 0 aliphatic carbocycles. The lowest BCUT2D eigenvalue weighted by Crippen LogP contribution is -2.30. The maximum Gasteiger partial charge on any atom is 0.287 e. The van der Waals surface area contributed by atoms with E-state index in [0.717, 1.165) is 15.4 Å². The number of nitrogens with two attached hydrogens (primary N) is 1. The average molecular weight is 335 g/mol. The first-order chi connectivity index (χ1) is 9.69. The molecule has 3 aromatic rings. The highest BCUT2D eigenvalue weighted by atomic mass is 79.9. The van der Waals surface area contributed by atoms with E-state index in [2.05, 4.69) is 21.1 Å². The number of halogens is 1. The summed E-state index contributed by atoms with van der Waals surface area (Å²) in [5, 5.41) is 4.79. The number of nitrogen functional groups attached to an aromatic ring is 1. The van der Waals surface area contributed by atoms with E-state index in [4.69, 9.17) is 10.4 Å². The lowest BCUT2D eigenvalue weighted by atomic mass is 10.2. The average Bonchev–Trinajstić information content (AvgIpc) is 3.07. The smallest absolute Gasteiger partial charge is 0.287 e. The van der Waals surface area contributed by atoms with Gasteiger partial charge < -0.3 is 9.09 Å². The van der Waals surface area contributed by atoms with Crippen LogP contribution in [0.25, 0.3) is 10.9 Å². The van der Waals surface area contributed by atoms with Crippen molar-refractivity contribution in [3.8, 4) is 0 Å². The molecule has 0 aliphatic rings. The van der Waals surface area contributed by atoms with Gasteiger partial charge in [-0.2, -0.15) is 0 Å². The van der Waals surface area contributed by atoms with E-state index in [1.807, 2.05) is 40.5 Å². The summed E-state index contributed by atoms with van der Waals surface area (Å²) in [6.07, 6.45) is 1.96. The molecule has 0 aliphatic heterocycles. The summed E-state index contributed by atoms with van der Waals surface area (Å²) in [5.41, 5.74) is 3.25. The molecule has 0 saturated heterocycles. The van der Waals surface area contributed by atoms with Crippen molar-refractivity contribution in [2.45, 2.75) is 6.54 Å². The fourth-order valence-electron chi connectivity index (χ4n) is 2.06. The third kappa shape index (κ3) is 2.21. The molecular weight excluding hydrogens is 324 g/mol. The molecule has 3 N–H and O–H groups in total. The summed E-state index contributed by atoms with van der Waals surface area (Å²) in [6.45, 7) is 0.491. The molecule has 102 valence electrons. The van der Waals surface area contributed by atoms with Crippen molar-refractivity contribution in [3.63, 3.8) is 0 Å². The molecule has 3 rings (SSSR count). The van der Waals surface area contributed by atoms with Gasteiger partial charge in [-0.1, -0.05) is 27.2 Å². The Bertz CT molecular complexity index is 778. The fourth-order valence-corrected chi connectivity index (χ4v) is 2.55. The third-order valence-electron chi connectivity index (χ3n) is 3.01. The van der Waals surface area contributed by atoms with Gasteiger partial charge in [-0.15, -0.1) is 0 Å². The number of nitrogens with one attached hydrogen (secondary N) is 1. The third-order valence-corrected chi connectivity index (χ3v) is 3.70. The molecule has 2 aromatic heterocycles. The summed E-state index contributed by atoms with van der Waals surface area (Å²) in [6, 6.07) is 9.57. The molecule has 20 heavy (non-hydrogen) atoms. The number of carbonyl (C=O) groups excluding carboxylic acids is 1. The predicted octanol–water partition coefficient (Wildman–Crippen LogP) is 2.04. The maximum atomic E-state index is 11.3. The van der Waals surface area contributed by atoms with Gasteiger partial charge in [0, 0.05) is 27.6 Å². The highest BCUT2D eigenvalue weighted by molar-refractivity contribution is 9.10. The Morgan fingerprint density at radius 2 is 2.30 bits per heavy atom. The van der Waals surface area contributed by atoms with E-state index < -0.39 is 5.91 Å². The van der Waals surface area contributed by atoms with Crippen molar-refractivity contribution in [2.24, 2.45) is 5.84 Å². The van der Waals surface area contributed by atoms with Gasteiger partial charge in [-0.25, -0.2) is 5.84 Å². The number of hydrogen-bond donors (Lipinski definition) is 2. The van der Waals surface area contributed by atoms with E-state index >= 15 is 0 Å². The van der Waals surface area contributed by atoms with Gasteiger partial charge in [0.2, 0.25) is 0 Å². The van der Waals surface area contributed by atoms with Gasteiger partial charge in [-0.05, 0) is 18.2 Å². The largest absolute Gasteiger partial charge is 0.359 e. The van der Waals surface area contributed by atoms with Crippen LogP contribution in [-0.4, -0.2) is 15.6 Å². The van der Waals surface area contributed by atoms with Gasteiger partial charge in [0.1, 0.15) is 0 Å². The minimum atomic E-state index is -0.472. The van der Waals surface area contributed by atoms with Crippen LogP contribution in [0.15, 0.2) is 45.5 Å². The molecule has 0 spiro atoms. The first-order valence-corrected chi connectivity index (χ1v) is 6.68. The second-order valence-electron chi connectivity index (χ2n) is 4.27. The van der Waals surface area contributed by atoms with Crippen LogP contribution in [-0.2, 0) is 6.54 Å². The van der Waals surface area contributed by atoms with E-state index in [0.29, 0.717) is 12.3 Å². The minimum Gasteiger partial charge on any atom is -0.359 e. The Hall–Kier alpha value is -2.12. The molecule has 1 amide bonds. The predicted molar refractivity (Wildman–Crippen MR) is 76.9 cm³/mol. The van der Waals surface area contributed by atoms with Crippen LogP contribution >= 0.6 is 15.9 Å². The van der Waals surface area contributed by atoms with Gasteiger partial charge in [0.25, 0.3) is 5.91 Å². The van der Waals surface area contributed by atoms with Crippen molar-refractivity contribution >= 4 is 32.7 Å². The second-order valence-corrected chi connectivity index (χ2v) is 5.12. The first kappa shape index (κ1) is 12.9. The SMILES string of the molecule is NNC(=O)c1cc(Cn2ccc3c(Br)cccc32)on1.